The molecule has 1 saturated heterocycles. The van der Waals surface area contributed by atoms with Gasteiger partial charge in [-0.25, -0.2) is 0 Å². The fourth-order valence-electron chi connectivity index (χ4n) is 3.75. The summed E-state index contributed by atoms with van der Waals surface area (Å²) in [6.07, 6.45) is 7.96. The fourth-order valence-corrected chi connectivity index (χ4v) is 3.75. The van der Waals surface area contributed by atoms with Gasteiger partial charge < -0.3 is 4.90 Å². The molecule has 1 fully saturated rings. The summed E-state index contributed by atoms with van der Waals surface area (Å²) in [5, 5.41) is 8.91. The second-order valence-corrected chi connectivity index (χ2v) is 6.27. The highest BCUT2D eigenvalue weighted by atomic mass is 15.1. The van der Waals surface area contributed by atoms with Crippen molar-refractivity contribution < 1.29 is 0 Å². The number of hydrogen-bond acceptors (Lipinski definition) is 2. The van der Waals surface area contributed by atoms with Crippen molar-refractivity contribution in [3.63, 3.8) is 0 Å². The molecule has 0 amide bonds. The van der Waals surface area contributed by atoms with Gasteiger partial charge in [0.1, 0.15) is 0 Å². The van der Waals surface area contributed by atoms with Crippen molar-refractivity contribution in [2.75, 3.05) is 18.0 Å². The number of rotatable bonds is 3. The van der Waals surface area contributed by atoms with Crippen LogP contribution in [-0.4, -0.2) is 13.1 Å². The zero-order chi connectivity index (χ0) is 15.1. The van der Waals surface area contributed by atoms with Crippen LogP contribution in [-0.2, 0) is 0 Å². The first kappa shape index (κ1) is 15.9. The summed E-state index contributed by atoms with van der Waals surface area (Å²) >= 11 is 0. The molecular formula is C19H28N2. The second-order valence-electron chi connectivity index (χ2n) is 6.27. The lowest BCUT2D eigenvalue weighted by Gasteiger charge is -2.24. The molecule has 1 heterocycles. The molecule has 2 heteroatoms. The van der Waals surface area contributed by atoms with Crippen molar-refractivity contribution in [3.05, 3.63) is 29.8 Å². The van der Waals surface area contributed by atoms with Gasteiger partial charge in [0, 0.05) is 18.8 Å². The quantitative estimate of drug-likeness (QED) is 0.781. The Hall–Kier alpha value is -1.49. The number of nitriles is 1. The Bertz CT molecular complexity index is 441. The minimum absolute atomic E-state index is 0.750. The lowest BCUT2D eigenvalue weighted by Crippen LogP contribution is -2.25. The summed E-state index contributed by atoms with van der Waals surface area (Å²) in [6.45, 7) is 7.00. The largest absolute Gasteiger partial charge is 0.372 e. The van der Waals surface area contributed by atoms with Crippen molar-refractivity contribution in [3.8, 4) is 6.07 Å². The lowest BCUT2D eigenvalue weighted by molar-refractivity contribution is 0.277. The van der Waals surface area contributed by atoms with E-state index in [1.165, 1.54) is 44.2 Å². The third-order valence-corrected chi connectivity index (χ3v) is 5.08. The van der Waals surface area contributed by atoms with E-state index < -0.39 is 0 Å². The van der Waals surface area contributed by atoms with Crippen LogP contribution >= 0.6 is 0 Å². The highest BCUT2D eigenvalue weighted by Crippen LogP contribution is 2.30. The minimum Gasteiger partial charge on any atom is -0.372 e. The summed E-state index contributed by atoms with van der Waals surface area (Å²) in [7, 11) is 0. The molecule has 0 N–H and O–H groups in total. The zero-order valence-electron chi connectivity index (χ0n) is 13.5. The van der Waals surface area contributed by atoms with Crippen molar-refractivity contribution in [2.24, 2.45) is 11.8 Å². The Morgan fingerprint density at radius 1 is 1.00 bits per heavy atom. The van der Waals surface area contributed by atoms with Crippen molar-refractivity contribution >= 4 is 5.69 Å². The zero-order valence-corrected chi connectivity index (χ0v) is 13.5. The predicted octanol–water partition coefficient (Wildman–Crippen LogP) is 4.99. The Balaban J connectivity index is 2.03. The maximum Gasteiger partial charge on any atom is 0.0991 e. The summed E-state index contributed by atoms with van der Waals surface area (Å²) in [6, 6.07) is 10.3. The molecule has 0 spiro atoms. The van der Waals surface area contributed by atoms with E-state index in [1.807, 2.05) is 12.1 Å². The van der Waals surface area contributed by atoms with Crippen LogP contribution in [0, 0.1) is 23.2 Å². The van der Waals surface area contributed by atoms with E-state index in [1.54, 1.807) is 0 Å². The van der Waals surface area contributed by atoms with Gasteiger partial charge in [0.25, 0.3) is 0 Å². The normalized spacial score (nSPS) is 23.8. The molecule has 2 unspecified atom stereocenters. The Morgan fingerprint density at radius 2 is 1.52 bits per heavy atom. The first-order valence-corrected chi connectivity index (χ1v) is 8.53. The molecule has 114 valence electrons. The second kappa shape index (κ2) is 8.08. The first-order valence-electron chi connectivity index (χ1n) is 8.53. The fraction of sp³-hybridized carbons (Fsp3) is 0.632. The van der Waals surface area contributed by atoms with E-state index in [9.17, 15) is 0 Å². The van der Waals surface area contributed by atoms with Crippen LogP contribution in [0.1, 0.15) is 57.9 Å². The van der Waals surface area contributed by atoms with Gasteiger partial charge in [-0.1, -0.05) is 26.7 Å². The van der Waals surface area contributed by atoms with Crippen LogP contribution in [0.4, 0.5) is 5.69 Å². The van der Waals surface area contributed by atoms with Gasteiger partial charge in [-0.05, 0) is 61.8 Å². The SMILES string of the molecule is CCC1CCCN(c2ccc(C#N)cc2)CCCC1CC. The number of hydrogen-bond donors (Lipinski definition) is 0. The van der Waals surface area contributed by atoms with Gasteiger partial charge in [0.05, 0.1) is 11.6 Å². The minimum atomic E-state index is 0.750. The standard InChI is InChI=1S/C19H28N2/c1-3-17-7-5-13-21(14-6-8-18(17)4-2)19-11-9-16(15-20)10-12-19/h9-12,17-18H,3-8,13-14H2,1-2H3. The molecule has 2 nitrogen and oxygen atoms in total. The van der Waals surface area contributed by atoms with Crippen LogP contribution in [0.2, 0.25) is 0 Å². The predicted molar refractivity (Wildman–Crippen MR) is 89.4 cm³/mol. The highest BCUT2D eigenvalue weighted by Gasteiger charge is 2.20. The molecule has 2 atom stereocenters. The van der Waals surface area contributed by atoms with Crippen LogP contribution < -0.4 is 4.90 Å². The van der Waals surface area contributed by atoms with Gasteiger partial charge in [-0.3, -0.25) is 0 Å². The van der Waals surface area contributed by atoms with Crippen LogP contribution in [0.5, 0.6) is 0 Å². The van der Waals surface area contributed by atoms with Crippen molar-refractivity contribution in [1.82, 2.24) is 0 Å². The van der Waals surface area contributed by atoms with E-state index in [-0.39, 0.29) is 0 Å². The average Bonchev–Trinajstić information content (AvgIpc) is 2.64. The molecule has 1 aromatic carbocycles. The first-order chi connectivity index (χ1) is 10.3. The van der Waals surface area contributed by atoms with E-state index in [0.717, 1.165) is 30.5 Å². The Morgan fingerprint density at radius 3 is 1.95 bits per heavy atom. The highest BCUT2D eigenvalue weighted by molar-refractivity contribution is 5.49. The molecule has 0 aliphatic carbocycles. The summed E-state index contributed by atoms with van der Waals surface area (Å²) < 4.78 is 0. The van der Waals surface area contributed by atoms with Crippen molar-refractivity contribution in [1.29, 1.82) is 5.26 Å². The lowest BCUT2D eigenvalue weighted by atomic mass is 9.82. The topological polar surface area (TPSA) is 27.0 Å². The third kappa shape index (κ3) is 4.24. The van der Waals surface area contributed by atoms with Gasteiger partial charge in [0.15, 0.2) is 0 Å². The third-order valence-electron chi connectivity index (χ3n) is 5.08. The Labute approximate surface area is 129 Å². The molecular weight excluding hydrogens is 256 g/mol. The van der Waals surface area contributed by atoms with Gasteiger partial charge in [0.2, 0.25) is 0 Å². The number of benzene rings is 1. The molecule has 0 bridgehead atoms. The number of anilines is 1. The maximum atomic E-state index is 8.91. The average molecular weight is 284 g/mol. The van der Waals surface area contributed by atoms with Crippen LogP contribution in [0.3, 0.4) is 0 Å². The molecule has 0 saturated carbocycles. The molecule has 21 heavy (non-hydrogen) atoms. The molecule has 1 aliphatic heterocycles. The van der Waals surface area contributed by atoms with Crippen LogP contribution in [0.25, 0.3) is 0 Å². The van der Waals surface area contributed by atoms with E-state index in [2.05, 4.69) is 36.9 Å². The molecule has 1 aliphatic rings. The van der Waals surface area contributed by atoms with E-state index >= 15 is 0 Å². The summed E-state index contributed by atoms with van der Waals surface area (Å²) in [4.78, 5) is 2.51. The maximum absolute atomic E-state index is 8.91. The van der Waals surface area contributed by atoms with E-state index in [4.69, 9.17) is 5.26 Å². The molecule has 2 rings (SSSR count). The molecule has 0 aromatic heterocycles. The molecule has 1 aromatic rings. The van der Waals surface area contributed by atoms with Gasteiger partial charge in [-0.2, -0.15) is 5.26 Å². The summed E-state index contributed by atoms with van der Waals surface area (Å²) in [5.41, 5.74) is 2.03. The smallest absolute Gasteiger partial charge is 0.0991 e. The van der Waals surface area contributed by atoms with Gasteiger partial charge in [-0.15, -0.1) is 0 Å². The number of nitrogens with zero attached hydrogens (tertiary/aromatic N) is 2. The van der Waals surface area contributed by atoms with Gasteiger partial charge >= 0.3 is 0 Å². The van der Waals surface area contributed by atoms with Crippen LogP contribution in [0.15, 0.2) is 24.3 Å². The van der Waals surface area contributed by atoms with Crippen molar-refractivity contribution in [2.45, 2.75) is 52.4 Å². The summed E-state index contributed by atoms with van der Waals surface area (Å²) in [5.74, 6) is 1.83. The molecule has 0 radical (unpaired) electrons. The monoisotopic (exact) mass is 284 g/mol. The van der Waals surface area contributed by atoms with E-state index in [0.29, 0.717) is 0 Å². The Kier molecular flexibility index (Phi) is 6.11.